The summed E-state index contributed by atoms with van der Waals surface area (Å²) in [4.78, 5) is 9.27. The molecule has 0 bridgehead atoms. The molecule has 5 rings (SSSR count). The Morgan fingerprint density at radius 3 is 2.93 bits per heavy atom. The Labute approximate surface area is 168 Å². The number of pyridine rings is 1. The van der Waals surface area contributed by atoms with E-state index in [1.165, 1.54) is 0 Å². The number of ether oxygens (including phenoxy) is 1. The van der Waals surface area contributed by atoms with Gasteiger partial charge in [0, 0.05) is 24.6 Å². The highest BCUT2D eigenvalue weighted by Gasteiger charge is 2.30. The number of rotatable bonds is 5. The van der Waals surface area contributed by atoms with Gasteiger partial charge in [-0.2, -0.15) is 10.4 Å². The van der Waals surface area contributed by atoms with Crippen LogP contribution in [0.5, 0.6) is 5.75 Å². The average molecular weight is 389 g/mol. The number of piperidine rings is 1. The molecule has 0 radical (unpaired) electrons. The molecule has 3 aromatic rings. The first kappa shape index (κ1) is 17.9. The van der Waals surface area contributed by atoms with Crippen LogP contribution in [0, 0.1) is 11.3 Å². The highest BCUT2D eigenvalue weighted by molar-refractivity contribution is 5.65. The molecule has 3 aromatic heterocycles. The van der Waals surface area contributed by atoms with E-state index in [4.69, 9.17) is 14.8 Å². The number of nitrogens with zero attached hydrogens (tertiary/aromatic N) is 5. The summed E-state index contributed by atoms with van der Waals surface area (Å²) in [5, 5.41) is 21.2. The van der Waals surface area contributed by atoms with E-state index in [2.05, 4.69) is 21.7 Å². The third-order valence-corrected chi connectivity index (χ3v) is 5.58. The summed E-state index contributed by atoms with van der Waals surface area (Å²) in [5.74, 6) is 1.86. The van der Waals surface area contributed by atoms with E-state index in [1.807, 2.05) is 22.7 Å². The molecule has 0 aromatic carbocycles. The molecule has 0 amide bonds. The van der Waals surface area contributed by atoms with Gasteiger partial charge in [-0.1, -0.05) is 0 Å². The van der Waals surface area contributed by atoms with Crippen LogP contribution in [0.25, 0.3) is 17.0 Å². The quantitative estimate of drug-likeness (QED) is 0.692. The number of anilines is 1. The number of hydrogen-bond acceptors (Lipinski definition) is 7. The summed E-state index contributed by atoms with van der Waals surface area (Å²) >= 11 is 0. The molecule has 1 saturated heterocycles. The molecule has 2 N–H and O–H groups in total. The van der Waals surface area contributed by atoms with Gasteiger partial charge in [-0.15, -0.1) is 0 Å². The van der Waals surface area contributed by atoms with Crippen molar-refractivity contribution in [2.24, 2.45) is 0 Å². The smallest absolute Gasteiger partial charge is 0.157 e. The molecule has 1 aliphatic carbocycles. The number of methoxy groups -OCH3 is 1. The summed E-state index contributed by atoms with van der Waals surface area (Å²) < 4.78 is 7.35. The van der Waals surface area contributed by atoms with Crippen molar-refractivity contribution in [3.05, 3.63) is 35.7 Å². The maximum Gasteiger partial charge on any atom is 0.157 e. The fourth-order valence-electron chi connectivity index (χ4n) is 3.86. The van der Waals surface area contributed by atoms with Crippen LogP contribution in [-0.4, -0.2) is 45.8 Å². The summed E-state index contributed by atoms with van der Waals surface area (Å²) in [6.45, 7) is 1.91. The Hall–Kier alpha value is -3.18. The lowest BCUT2D eigenvalue weighted by Crippen LogP contribution is -2.38. The van der Waals surface area contributed by atoms with Crippen molar-refractivity contribution in [1.29, 1.82) is 5.26 Å². The summed E-state index contributed by atoms with van der Waals surface area (Å²) in [6.07, 6.45) is 6.22. The molecule has 0 spiro atoms. The second kappa shape index (κ2) is 7.33. The minimum Gasteiger partial charge on any atom is -0.495 e. The van der Waals surface area contributed by atoms with Crippen molar-refractivity contribution in [1.82, 2.24) is 24.9 Å². The summed E-state index contributed by atoms with van der Waals surface area (Å²) in [7, 11) is 1.67. The Morgan fingerprint density at radius 1 is 1.31 bits per heavy atom. The molecule has 2 fully saturated rings. The summed E-state index contributed by atoms with van der Waals surface area (Å²) in [5.41, 5.74) is 3.78. The lowest BCUT2D eigenvalue weighted by atomic mass is 10.1. The molecule has 0 unspecified atom stereocenters. The summed E-state index contributed by atoms with van der Waals surface area (Å²) in [6, 6.07) is 8.11. The van der Waals surface area contributed by atoms with Crippen LogP contribution < -0.4 is 15.4 Å². The predicted molar refractivity (Wildman–Crippen MR) is 109 cm³/mol. The number of fused-ring (bicyclic) bond motifs is 1. The molecular formula is C21H23N7O. The SMILES string of the molecule is COc1cc2ncc(-c3ccc(C#N)c(N[C@@H]4CCCNC4)n3)n2nc1C1CC1. The molecule has 1 atom stereocenters. The highest BCUT2D eigenvalue weighted by Crippen LogP contribution is 2.43. The van der Waals surface area contributed by atoms with E-state index in [1.54, 1.807) is 13.3 Å². The predicted octanol–water partition coefficient (Wildman–Crippen LogP) is 2.71. The van der Waals surface area contributed by atoms with E-state index in [0.29, 0.717) is 17.3 Å². The third-order valence-electron chi connectivity index (χ3n) is 5.58. The molecule has 8 heteroatoms. The minimum atomic E-state index is 0.268. The topological polar surface area (TPSA) is 100 Å². The van der Waals surface area contributed by atoms with E-state index in [9.17, 15) is 5.26 Å². The second-order valence-electron chi connectivity index (χ2n) is 7.68. The van der Waals surface area contributed by atoms with E-state index in [-0.39, 0.29) is 6.04 Å². The first-order chi connectivity index (χ1) is 14.3. The monoisotopic (exact) mass is 389 g/mol. The van der Waals surface area contributed by atoms with Gasteiger partial charge in [0.2, 0.25) is 0 Å². The van der Waals surface area contributed by atoms with Gasteiger partial charge in [-0.3, -0.25) is 0 Å². The van der Waals surface area contributed by atoms with Crippen LogP contribution in [0.15, 0.2) is 24.4 Å². The molecule has 148 valence electrons. The Kier molecular flexibility index (Phi) is 4.52. The first-order valence-electron chi connectivity index (χ1n) is 10.1. The largest absolute Gasteiger partial charge is 0.495 e. The minimum absolute atomic E-state index is 0.268. The number of imidazole rings is 1. The van der Waals surface area contributed by atoms with Crippen LogP contribution >= 0.6 is 0 Å². The van der Waals surface area contributed by atoms with Crippen molar-refractivity contribution in [3.8, 4) is 23.2 Å². The molecule has 29 heavy (non-hydrogen) atoms. The van der Waals surface area contributed by atoms with Crippen molar-refractivity contribution in [3.63, 3.8) is 0 Å². The van der Waals surface area contributed by atoms with Crippen molar-refractivity contribution in [2.75, 3.05) is 25.5 Å². The zero-order chi connectivity index (χ0) is 19.8. The van der Waals surface area contributed by atoms with Crippen molar-refractivity contribution < 1.29 is 4.74 Å². The number of aromatic nitrogens is 4. The van der Waals surface area contributed by atoms with Gasteiger partial charge >= 0.3 is 0 Å². The van der Waals surface area contributed by atoms with Crippen LogP contribution in [0.3, 0.4) is 0 Å². The normalized spacial score (nSPS) is 19.1. The van der Waals surface area contributed by atoms with Crippen LogP contribution in [0.1, 0.15) is 42.9 Å². The average Bonchev–Trinajstić information content (AvgIpc) is 3.53. The van der Waals surface area contributed by atoms with Crippen molar-refractivity contribution >= 4 is 11.5 Å². The van der Waals surface area contributed by atoms with Gasteiger partial charge in [-0.05, 0) is 44.4 Å². The molecule has 8 nitrogen and oxygen atoms in total. The number of hydrogen-bond donors (Lipinski definition) is 2. The second-order valence-corrected chi connectivity index (χ2v) is 7.68. The highest BCUT2D eigenvalue weighted by atomic mass is 16.5. The van der Waals surface area contributed by atoms with E-state index in [0.717, 1.165) is 67.3 Å². The zero-order valence-corrected chi connectivity index (χ0v) is 16.4. The fraction of sp³-hybridized carbons (Fsp3) is 0.429. The third kappa shape index (κ3) is 3.38. The molecule has 1 saturated carbocycles. The van der Waals surface area contributed by atoms with Gasteiger partial charge in [-0.25, -0.2) is 14.5 Å². The van der Waals surface area contributed by atoms with Gasteiger partial charge in [0.15, 0.2) is 5.65 Å². The Bertz CT molecular complexity index is 1090. The first-order valence-corrected chi connectivity index (χ1v) is 10.1. The van der Waals surface area contributed by atoms with Crippen LogP contribution in [-0.2, 0) is 0 Å². The number of nitriles is 1. The molecular weight excluding hydrogens is 366 g/mol. The van der Waals surface area contributed by atoms with Gasteiger partial charge in [0.05, 0.1) is 24.6 Å². The van der Waals surface area contributed by atoms with Crippen LogP contribution in [0.2, 0.25) is 0 Å². The van der Waals surface area contributed by atoms with Gasteiger partial charge in [0.1, 0.15) is 29.0 Å². The van der Waals surface area contributed by atoms with Gasteiger partial charge < -0.3 is 15.4 Å². The maximum atomic E-state index is 9.51. The number of nitrogens with one attached hydrogen (secondary N) is 2. The zero-order valence-electron chi connectivity index (χ0n) is 16.4. The maximum absolute atomic E-state index is 9.51. The Balaban J connectivity index is 1.55. The Morgan fingerprint density at radius 2 is 2.21 bits per heavy atom. The van der Waals surface area contributed by atoms with Crippen LogP contribution in [0.4, 0.5) is 5.82 Å². The van der Waals surface area contributed by atoms with E-state index < -0.39 is 0 Å². The molecule has 2 aliphatic rings. The van der Waals surface area contributed by atoms with Crippen molar-refractivity contribution in [2.45, 2.75) is 37.6 Å². The molecule has 1 aliphatic heterocycles. The molecule has 4 heterocycles. The standard InChI is InChI=1S/C21H23N7O/c1-29-18-9-19-24-12-17(28(19)27-20(18)13-4-5-13)16-7-6-14(10-22)21(26-16)25-15-3-2-8-23-11-15/h6-7,9,12-13,15,23H,2-5,8,11H2,1H3,(H,25,26)/t15-/m1/s1. The van der Waals surface area contributed by atoms with Gasteiger partial charge in [0.25, 0.3) is 0 Å². The fourth-order valence-corrected chi connectivity index (χ4v) is 3.86. The van der Waals surface area contributed by atoms with E-state index >= 15 is 0 Å². The lowest BCUT2D eigenvalue weighted by molar-refractivity contribution is 0.405. The lowest BCUT2D eigenvalue weighted by Gasteiger charge is -2.24.